The Morgan fingerprint density at radius 3 is 2.79 bits per heavy atom. The van der Waals surface area contributed by atoms with Crippen LogP contribution in [0.2, 0.25) is 0 Å². The van der Waals surface area contributed by atoms with Crippen LogP contribution in [0.15, 0.2) is 30.7 Å². The number of rotatable bonds is 8. The summed E-state index contributed by atoms with van der Waals surface area (Å²) in [6.45, 7) is 2.15. The predicted octanol–water partition coefficient (Wildman–Crippen LogP) is 5.82. The number of nitrogens with one attached hydrogen (secondary N) is 1. The molecule has 2 N–H and O–H groups in total. The van der Waals surface area contributed by atoms with Crippen LogP contribution in [0.4, 0.5) is 4.39 Å². The van der Waals surface area contributed by atoms with Gasteiger partial charge in [0.1, 0.15) is 5.82 Å². The molecule has 2 heterocycles. The minimum absolute atomic E-state index is 0.0526. The second-order valence-electron chi connectivity index (χ2n) is 12.7. The Kier molecular flexibility index (Phi) is 7.19. The van der Waals surface area contributed by atoms with Crippen molar-refractivity contribution in [2.75, 3.05) is 5.75 Å². The molecule has 2 bridgehead atoms. The van der Waals surface area contributed by atoms with E-state index in [1.807, 2.05) is 10.6 Å². The van der Waals surface area contributed by atoms with Gasteiger partial charge in [-0.15, -0.1) is 0 Å². The molecule has 6 rings (SSSR count). The highest BCUT2D eigenvalue weighted by Gasteiger charge is 2.49. The molecule has 3 fully saturated rings. The average Bonchev–Trinajstić information content (AvgIpc) is 3.49. The van der Waals surface area contributed by atoms with Gasteiger partial charge in [0.15, 0.2) is 0 Å². The Labute approximate surface area is 226 Å². The van der Waals surface area contributed by atoms with Crippen molar-refractivity contribution in [3.63, 3.8) is 0 Å². The fraction of sp³-hybridized carbons (Fsp3) is 0.700. The fourth-order valence-electron chi connectivity index (χ4n) is 8.54. The van der Waals surface area contributed by atoms with Gasteiger partial charge in [0.25, 0.3) is 0 Å². The average molecular weight is 544 g/mol. The first-order valence-electron chi connectivity index (χ1n) is 14.8. The first-order chi connectivity index (χ1) is 18.3. The third kappa shape index (κ3) is 4.86. The zero-order valence-corrected chi connectivity index (χ0v) is 23.3. The summed E-state index contributed by atoms with van der Waals surface area (Å²) in [5, 5.41) is 11.9. The van der Waals surface area contributed by atoms with E-state index in [9.17, 15) is 13.5 Å². The molecule has 0 amide bonds. The zero-order chi connectivity index (χ0) is 26.5. The van der Waals surface area contributed by atoms with Crippen LogP contribution in [0.3, 0.4) is 0 Å². The standard InChI is InChI=1S/C30H42FN3O3S/c1-2-30(28(35)14-26-29-23(9-6-10-24(29)31)27-17-32-19-34(26)27)15-21-11-12-25(22(13-21)16-30)33-38(36,37)18-20-7-4-3-5-8-20/h6,9-10,17,19-22,25-26,28,33,35H,2-5,7-8,11-16,18H2,1H3/t21?,22?,25-,26?,28?,30?/m1/s1. The Morgan fingerprint density at radius 1 is 1.18 bits per heavy atom. The number of fused-ring (bicyclic) bond motifs is 5. The van der Waals surface area contributed by atoms with E-state index in [-0.39, 0.29) is 40.9 Å². The van der Waals surface area contributed by atoms with Crippen LogP contribution in [0.25, 0.3) is 11.3 Å². The summed E-state index contributed by atoms with van der Waals surface area (Å²) < 4.78 is 46.5. The Hall–Kier alpha value is -1.77. The Balaban J connectivity index is 1.19. The number of aromatic nitrogens is 2. The van der Waals surface area contributed by atoms with Gasteiger partial charge in [-0.2, -0.15) is 0 Å². The molecule has 208 valence electrons. The molecule has 5 unspecified atom stereocenters. The van der Waals surface area contributed by atoms with Crippen molar-refractivity contribution in [2.24, 2.45) is 23.2 Å². The third-order valence-corrected chi connectivity index (χ3v) is 12.1. The molecule has 8 heteroatoms. The Bertz CT molecular complexity index is 1260. The highest BCUT2D eigenvalue weighted by Crippen LogP contribution is 2.54. The number of aliphatic hydroxyl groups excluding tert-OH is 1. The molecule has 1 aromatic heterocycles. The minimum Gasteiger partial charge on any atom is -0.392 e. The molecule has 3 aliphatic carbocycles. The van der Waals surface area contributed by atoms with Gasteiger partial charge in [0, 0.05) is 17.2 Å². The van der Waals surface area contributed by atoms with Crippen molar-refractivity contribution in [1.29, 1.82) is 0 Å². The summed E-state index contributed by atoms with van der Waals surface area (Å²) in [4.78, 5) is 4.31. The fourth-order valence-corrected chi connectivity index (χ4v) is 10.4. The molecule has 2 aromatic rings. The van der Waals surface area contributed by atoms with Crippen LogP contribution in [0.5, 0.6) is 0 Å². The largest absolute Gasteiger partial charge is 0.392 e. The van der Waals surface area contributed by atoms with Crippen molar-refractivity contribution in [3.8, 4) is 11.3 Å². The van der Waals surface area contributed by atoms with Crippen LogP contribution in [-0.4, -0.2) is 41.0 Å². The lowest BCUT2D eigenvalue weighted by molar-refractivity contribution is -0.0657. The molecular formula is C30H42FN3O3S. The van der Waals surface area contributed by atoms with E-state index < -0.39 is 16.1 Å². The molecule has 0 spiro atoms. The lowest BCUT2D eigenvalue weighted by Gasteiger charge is -2.52. The van der Waals surface area contributed by atoms with Gasteiger partial charge in [-0.05, 0) is 87.0 Å². The van der Waals surface area contributed by atoms with Gasteiger partial charge in [0.2, 0.25) is 10.0 Å². The van der Waals surface area contributed by atoms with Gasteiger partial charge >= 0.3 is 0 Å². The van der Waals surface area contributed by atoms with E-state index in [4.69, 9.17) is 0 Å². The molecule has 6 nitrogen and oxygen atoms in total. The number of nitrogens with zero attached hydrogens (tertiary/aromatic N) is 2. The van der Waals surface area contributed by atoms with Crippen LogP contribution >= 0.6 is 0 Å². The smallest absolute Gasteiger partial charge is 0.212 e. The monoisotopic (exact) mass is 543 g/mol. The highest BCUT2D eigenvalue weighted by atomic mass is 32.2. The summed E-state index contributed by atoms with van der Waals surface area (Å²) in [6.07, 6.45) is 14.4. The van der Waals surface area contributed by atoms with Crippen molar-refractivity contribution < 1.29 is 17.9 Å². The molecule has 0 radical (unpaired) electrons. The van der Waals surface area contributed by atoms with E-state index >= 15 is 4.39 Å². The summed E-state index contributed by atoms with van der Waals surface area (Å²) in [6, 6.07) is 4.83. The Morgan fingerprint density at radius 2 is 2.00 bits per heavy atom. The second-order valence-corrected chi connectivity index (χ2v) is 14.5. The number of hydrogen-bond acceptors (Lipinski definition) is 4. The summed E-state index contributed by atoms with van der Waals surface area (Å²) in [5.74, 6) is 1.03. The number of halogens is 1. The van der Waals surface area contributed by atoms with Crippen molar-refractivity contribution in [3.05, 3.63) is 42.1 Å². The van der Waals surface area contributed by atoms with Crippen LogP contribution in [-0.2, 0) is 10.0 Å². The van der Waals surface area contributed by atoms with Gasteiger partial charge in [0.05, 0.1) is 36.1 Å². The SMILES string of the molecule is CCC1(C(O)CC2c3c(F)cccc3-c3cncn32)CC2CC[C@@H](NS(=O)(=O)CC3CCCCC3)C(C2)C1. The molecule has 38 heavy (non-hydrogen) atoms. The van der Waals surface area contributed by atoms with Gasteiger partial charge < -0.3 is 9.67 Å². The molecular weight excluding hydrogens is 501 g/mol. The predicted molar refractivity (Wildman–Crippen MR) is 146 cm³/mol. The number of imidazole rings is 1. The molecule has 1 aliphatic heterocycles. The van der Waals surface area contributed by atoms with E-state index in [0.29, 0.717) is 17.9 Å². The maximum atomic E-state index is 15.0. The molecule has 0 saturated heterocycles. The third-order valence-electron chi connectivity index (χ3n) is 10.5. The number of sulfonamides is 1. The lowest BCUT2D eigenvalue weighted by Crippen LogP contribution is -2.52. The first-order valence-corrected chi connectivity index (χ1v) is 16.4. The van der Waals surface area contributed by atoms with Crippen molar-refractivity contribution >= 4 is 10.0 Å². The first kappa shape index (κ1) is 26.5. The minimum atomic E-state index is -3.33. The maximum Gasteiger partial charge on any atom is 0.212 e. The lowest BCUT2D eigenvalue weighted by atomic mass is 9.56. The van der Waals surface area contributed by atoms with Crippen LogP contribution in [0, 0.1) is 29.0 Å². The van der Waals surface area contributed by atoms with Crippen LogP contribution < -0.4 is 4.72 Å². The van der Waals surface area contributed by atoms with Gasteiger partial charge in [-0.3, -0.25) is 0 Å². The summed E-state index contributed by atoms with van der Waals surface area (Å²) in [5.41, 5.74) is 2.11. The van der Waals surface area contributed by atoms with E-state index in [0.717, 1.165) is 75.5 Å². The molecule has 4 aliphatic rings. The van der Waals surface area contributed by atoms with Gasteiger partial charge in [-0.1, -0.05) is 38.3 Å². The van der Waals surface area contributed by atoms with Gasteiger partial charge in [-0.25, -0.2) is 22.5 Å². The summed E-state index contributed by atoms with van der Waals surface area (Å²) in [7, 11) is -3.33. The topological polar surface area (TPSA) is 84.2 Å². The molecule has 1 aromatic carbocycles. The van der Waals surface area contributed by atoms with E-state index in [1.165, 1.54) is 12.5 Å². The maximum absolute atomic E-state index is 15.0. The van der Waals surface area contributed by atoms with Crippen molar-refractivity contribution in [1.82, 2.24) is 14.3 Å². The summed E-state index contributed by atoms with van der Waals surface area (Å²) >= 11 is 0. The van der Waals surface area contributed by atoms with E-state index in [2.05, 4.69) is 16.6 Å². The number of benzene rings is 1. The zero-order valence-electron chi connectivity index (χ0n) is 22.5. The number of aliphatic hydroxyl groups is 1. The molecule has 3 saturated carbocycles. The molecule has 6 atom stereocenters. The quantitative estimate of drug-likeness (QED) is 0.440. The van der Waals surface area contributed by atoms with Crippen LogP contribution in [0.1, 0.15) is 95.6 Å². The van der Waals surface area contributed by atoms with E-state index in [1.54, 1.807) is 18.6 Å². The number of hydrogen-bond donors (Lipinski definition) is 2. The highest BCUT2D eigenvalue weighted by molar-refractivity contribution is 7.89. The normalized spacial score (nSPS) is 32.1. The van der Waals surface area contributed by atoms with Crippen molar-refractivity contribution in [2.45, 2.75) is 102 Å². The second kappa shape index (κ2) is 10.3.